The average Bonchev–Trinajstić information content (AvgIpc) is 2.34. The van der Waals surface area contributed by atoms with E-state index in [0.717, 1.165) is 0 Å². The predicted octanol–water partition coefficient (Wildman–Crippen LogP) is 2.79. The number of ether oxygens (including phenoxy) is 1. The van der Waals surface area contributed by atoms with Crippen molar-refractivity contribution in [3.8, 4) is 0 Å². The molecule has 0 aromatic carbocycles. The third-order valence-corrected chi connectivity index (χ3v) is 7.95. The number of nitrogens with zero attached hydrogens (tertiary/aromatic N) is 2. The van der Waals surface area contributed by atoms with Gasteiger partial charge in [-0.15, -0.1) is 0 Å². The molecule has 0 spiro atoms. The molecule has 0 fully saturated rings. The van der Waals surface area contributed by atoms with Gasteiger partial charge in [-0.3, -0.25) is 0 Å². The first kappa shape index (κ1) is 15.8. The van der Waals surface area contributed by atoms with Crippen LogP contribution < -0.4 is 0 Å². The maximum atomic E-state index is 11.4. The predicted molar refractivity (Wildman–Crippen MR) is 75.4 cm³/mol. The standard InChI is InChI=1S/C13H22N2O3Si/c1-13(2,3)19(5,6)18-9-11-14-8-7-10(15-11)12(16)17-4/h7-8H,9H2,1-6H3. The Hall–Kier alpha value is -1.27. The van der Waals surface area contributed by atoms with E-state index < -0.39 is 14.3 Å². The summed E-state index contributed by atoms with van der Waals surface area (Å²) in [7, 11) is -0.507. The van der Waals surface area contributed by atoms with Gasteiger partial charge in [0.25, 0.3) is 0 Å². The van der Waals surface area contributed by atoms with E-state index in [-0.39, 0.29) is 10.7 Å². The largest absolute Gasteiger partial charge is 0.464 e. The third-order valence-electron chi connectivity index (χ3n) is 3.47. The van der Waals surface area contributed by atoms with Crippen molar-refractivity contribution >= 4 is 14.3 Å². The van der Waals surface area contributed by atoms with E-state index in [4.69, 9.17) is 4.43 Å². The highest BCUT2D eigenvalue weighted by atomic mass is 28.4. The molecule has 6 heteroatoms. The SMILES string of the molecule is COC(=O)c1ccnc(CO[Si](C)(C)C(C)(C)C)n1. The zero-order valence-corrected chi connectivity index (χ0v) is 13.5. The molecule has 106 valence electrons. The quantitative estimate of drug-likeness (QED) is 0.627. The van der Waals surface area contributed by atoms with E-state index in [2.05, 4.69) is 48.6 Å². The topological polar surface area (TPSA) is 61.3 Å². The highest BCUT2D eigenvalue weighted by molar-refractivity contribution is 6.74. The minimum absolute atomic E-state index is 0.132. The van der Waals surface area contributed by atoms with Crippen LogP contribution in [-0.2, 0) is 15.8 Å². The van der Waals surface area contributed by atoms with Crippen LogP contribution in [0.5, 0.6) is 0 Å². The molecule has 0 N–H and O–H groups in total. The third kappa shape index (κ3) is 4.11. The Balaban J connectivity index is 2.76. The van der Waals surface area contributed by atoms with Crippen molar-refractivity contribution in [2.75, 3.05) is 7.11 Å². The lowest BCUT2D eigenvalue weighted by molar-refractivity contribution is 0.0593. The van der Waals surface area contributed by atoms with E-state index in [1.54, 1.807) is 6.20 Å². The molecule has 5 nitrogen and oxygen atoms in total. The van der Waals surface area contributed by atoms with Crippen molar-refractivity contribution in [2.45, 2.75) is 45.5 Å². The number of esters is 1. The van der Waals surface area contributed by atoms with Gasteiger partial charge in [-0.25, -0.2) is 14.8 Å². The normalized spacial score (nSPS) is 12.3. The second-order valence-corrected chi connectivity index (χ2v) is 10.7. The molecule has 0 radical (unpaired) electrons. The minimum atomic E-state index is -1.84. The Bertz CT molecular complexity index is 455. The number of rotatable bonds is 4. The van der Waals surface area contributed by atoms with E-state index in [9.17, 15) is 4.79 Å². The van der Waals surface area contributed by atoms with Crippen LogP contribution in [0, 0.1) is 0 Å². The lowest BCUT2D eigenvalue weighted by Crippen LogP contribution is -2.40. The summed E-state index contributed by atoms with van der Waals surface area (Å²) in [6.07, 6.45) is 1.55. The van der Waals surface area contributed by atoms with Crippen molar-refractivity contribution in [3.05, 3.63) is 23.8 Å². The Morgan fingerprint density at radius 1 is 1.37 bits per heavy atom. The van der Waals surface area contributed by atoms with Crippen LogP contribution in [0.15, 0.2) is 12.3 Å². The van der Waals surface area contributed by atoms with Crippen LogP contribution in [0.1, 0.15) is 37.1 Å². The summed E-state index contributed by atoms with van der Waals surface area (Å²) < 4.78 is 10.6. The Morgan fingerprint density at radius 3 is 2.53 bits per heavy atom. The first-order valence-corrected chi connectivity index (χ1v) is 9.12. The fourth-order valence-electron chi connectivity index (χ4n) is 1.15. The number of carbonyl (C=O) groups is 1. The lowest BCUT2D eigenvalue weighted by atomic mass is 10.2. The molecule has 1 aromatic heterocycles. The zero-order valence-electron chi connectivity index (χ0n) is 12.5. The second kappa shape index (κ2) is 5.79. The van der Waals surface area contributed by atoms with E-state index in [1.165, 1.54) is 13.2 Å². The summed E-state index contributed by atoms with van der Waals surface area (Å²) in [4.78, 5) is 19.6. The molecule has 1 aromatic rings. The highest BCUT2D eigenvalue weighted by Crippen LogP contribution is 2.36. The number of carbonyl (C=O) groups excluding carboxylic acids is 1. The summed E-state index contributed by atoms with van der Waals surface area (Å²) in [6, 6.07) is 1.53. The van der Waals surface area contributed by atoms with Gasteiger partial charge in [-0.2, -0.15) is 0 Å². The number of hydrogen-bond acceptors (Lipinski definition) is 5. The molecule has 0 saturated carbocycles. The number of hydrogen-bond donors (Lipinski definition) is 0. The van der Waals surface area contributed by atoms with Crippen molar-refractivity contribution in [2.24, 2.45) is 0 Å². The smallest absolute Gasteiger partial charge is 0.356 e. The summed E-state index contributed by atoms with van der Waals surface area (Å²) >= 11 is 0. The molecule has 0 atom stereocenters. The van der Waals surface area contributed by atoms with Crippen molar-refractivity contribution in [1.82, 2.24) is 9.97 Å². The van der Waals surface area contributed by atoms with Gasteiger partial charge in [0.15, 0.2) is 19.8 Å². The van der Waals surface area contributed by atoms with Crippen molar-refractivity contribution in [3.63, 3.8) is 0 Å². The fraction of sp³-hybridized carbons (Fsp3) is 0.615. The maximum absolute atomic E-state index is 11.4. The van der Waals surface area contributed by atoms with Gasteiger partial charge in [0, 0.05) is 6.20 Å². The van der Waals surface area contributed by atoms with E-state index >= 15 is 0 Å². The summed E-state index contributed by atoms with van der Waals surface area (Å²) in [6.45, 7) is 11.2. The van der Waals surface area contributed by atoms with Gasteiger partial charge < -0.3 is 9.16 Å². The van der Waals surface area contributed by atoms with Crippen LogP contribution in [0.2, 0.25) is 18.1 Å². The Morgan fingerprint density at radius 2 is 2.00 bits per heavy atom. The number of methoxy groups -OCH3 is 1. The number of aromatic nitrogens is 2. The minimum Gasteiger partial charge on any atom is -0.464 e. The van der Waals surface area contributed by atoms with Crippen LogP contribution in [0.25, 0.3) is 0 Å². The first-order chi connectivity index (χ1) is 8.67. The first-order valence-electron chi connectivity index (χ1n) is 6.21. The van der Waals surface area contributed by atoms with Gasteiger partial charge in [-0.05, 0) is 24.2 Å². The van der Waals surface area contributed by atoms with Crippen molar-refractivity contribution < 1.29 is 14.0 Å². The maximum Gasteiger partial charge on any atom is 0.356 e. The molecule has 0 unspecified atom stereocenters. The van der Waals surface area contributed by atoms with E-state index in [1.807, 2.05) is 0 Å². The molecular formula is C13H22N2O3Si. The van der Waals surface area contributed by atoms with Crippen molar-refractivity contribution in [1.29, 1.82) is 0 Å². The monoisotopic (exact) mass is 282 g/mol. The van der Waals surface area contributed by atoms with Gasteiger partial charge in [0.2, 0.25) is 0 Å². The molecule has 1 rings (SSSR count). The Labute approximate surface area is 115 Å². The van der Waals surface area contributed by atoms with Gasteiger partial charge in [0.1, 0.15) is 0 Å². The second-order valence-electron chi connectivity index (χ2n) is 5.90. The molecule has 0 aliphatic carbocycles. The molecule has 1 heterocycles. The average molecular weight is 282 g/mol. The highest BCUT2D eigenvalue weighted by Gasteiger charge is 2.37. The van der Waals surface area contributed by atoms with Crippen LogP contribution in [0.3, 0.4) is 0 Å². The van der Waals surface area contributed by atoms with Gasteiger partial charge in [0.05, 0.1) is 13.7 Å². The molecular weight excluding hydrogens is 260 g/mol. The molecule has 0 amide bonds. The summed E-state index contributed by atoms with van der Waals surface area (Å²) in [5, 5.41) is 0.132. The van der Waals surface area contributed by atoms with Crippen LogP contribution in [-0.4, -0.2) is 31.4 Å². The van der Waals surface area contributed by atoms with Gasteiger partial charge in [-0.1, -0.05) is 20.8 Å². The summed E-state index contributed by atoms with van der Waals surface area (Å²) in [5.74, 6) is 0.0451. The van der Waals surface area contributed by atoms with Crippen LogP contribution >= 0.6 is 0 Å². The lowest BCUT2D eigenvalue weighted by Gasteiger charge is -2.35. The van der Waals surface area contributed by atoms with Gasteiger partial charge >= 0.3 is 5.97 Å². The fourth-order valence-corrected chi connectivity index (χ4v) is 2.07. The molecule has 0 aliphatic rings. The molecule has 19 heavy (non-hydrogen) atoms. The zero-order chi connectivity index (χ0) is 14.7. The molecule has 0 bridgehead atoms. The molecule has 0 saturated heterocycles. The summed E-state index contributed by atoms with van der Waals surface area (Å²) in [5.41, 5.74) is 0.256. The van der Waals surface area contributed by atoms with E-state index in [0.29, 0.717) is 12.4 Å². The Kier molecular flexibility index (Phi) is 4.81. The van der Waals surface area contributed by atoms with Crippen LogP contribution in [0.4, 0.5) is 0 Å². The molecule has 0 aliphatic heterocycles.